The van der Waals surface area contributed by atoms with Gasteiger partial charge in [0.15, 0.2) is 5.78 Å². The number of rotatable bonds is 6. The Bertz CT molecular complexity index is 942. The van der Waals surface area contributed by atoms with Crippen LogP contribution in [0, 0.1) is 46.3 Å². The van der Waals surface area contributed by atoms with Crippen LogP contribution in [0.2, 0.25) is 0 Å². The maximum Gasteiger partial charge on any atom is 0.266 e. The van der Waals surface area contributed by atoms with Crippen molar-refractivity contribution < 1.29 is 18.7 Å². The predicted octanol–water partition coefficient (Wildman–Crippen LogP) is 5.33. The molecule has 4 fully saturated rings. The zero-order valence-electron chi connectivity index (χ0n) is 20.0. The van der Waals surface area contributed by atoms with Gasteiger partial charge in [0.05, 0.1) is 18.4 Å². The minimum atomic E-state index is -2.65. The number of aromatic nitrogens is 1. The Labute approximate surface area is 200 Å². The van der Waals surface area contributed by atoms with E-state index < -0.39 is 12.0 Å². The Morgan fingerprint density at radius 2 is 2.00 bits per heavy atom. The molecule has 0 amide bonds. The minimum Gasteiger partial charge on any atom is -0.384 e. The van der Waals surface area contributed by atoms with E-state index >= 15 is 0 Å². The van der Waals surface area contributed by atoms with Gasteiger partial charge in [-0.25, -0.2) is 8.78 Å². The van der Waals surface area contributed by atoms with Crippen LogP contribution in [0.1, 0.15) is 70.3 Å². The normalized spacial score (nSPS) is 41.3. The van der Waals surface area contributed by atoms with Crippen LogP contribution in [0.15, 0.2) is 18.5 Å². The first-order valence-electron chi connectivity index (χ1n) is 13.0. The molecule has 4 saturated carbocycles. The minimum absolute atomic E-state index is 0.00442. The Morgan fingerprint density at radius 3 is 2.76 bits per heavy atom. The number of hydrogen-bond acceptors (Lipinski definition) is 5. The maximum absolute atomic E-state index is 13.5. The number of nitrogens with zero attached hydrogens (tertiary/aromatic N) is 1. The Kier molecular flexibility index (Phi) is 6.28. The summed E-state index contributed by atoms with van der Waals surface area (Å²) < 4.78 is 26.9. The topological polar surface area (TPSA) is 86.1 Å². The van der Waals surface area contributed by atoms with Crippen LogP contribution in [-0.4, -0.2) is 40.7 Å². The largest absolute Gasteiger partial charge is 0.384 e. The van der Waals surface area contributed by atoms with Crippen LogP contribution in [0.4, 0.5) is 14.5 Å². The molecule has 4 aliphatic carbocycles. The van der Waals surface area contributed by atoms with E-state index in [1.54, 1.807) is 18.5 Å². The summed E-state index contributed by atoms with van der Waals surface area (Å²) in [4.78, 5) is 17.5. The van der Waals surface area contributed by atoms with Gasteiger partial charge in [-0.05, 0) is 98.9 Å². The van der Waals surface area contributed by atoms with Gasteiger partial charge in [0.2, 0.25) is 0 Å². The van der Waals surface area contributed by atoms with Crippen LogP contribution in [-0.2, 0) is 4.79 Å². The summed E-state index contributed by atoms with van der Waals surface area (Å²) in [6.45, 7) is 2.57. The summed E-state index contributed by atoms with van der Waals surface area (Å²) in [7, 11) is 0. The van der Waals surface area contributed by atoms with Crippen LogP contribution >= 0.6 is 0 Å². The molecule has 0 radical (unpaired) electrons. The van der Waals surface area contributed by atoms with Crippen molar-refractivity contribution in [2.24, 2.45) is 40.9 Å². The first-order valence-corrected chi connectivity index (χ1v) is 13.0. The van der Waals surface area contributed by atoms with Crippen LogP contribution in [0.25, 0.3) is 0 Å². The zero-order chi connectivity index (χ0) is 24.1. The summed E-state index contributed by atoms with van der Waals surface area (Å²) in [5.41, 5.74) is -0.346. The molecule has 0 aromatic carbocycles. The summed E-state index contributed by atoms with van der Waals surface area (Å²) in [6.07, 6.45) is 9.17. The summed E-state index contributed by atoms with van der Waals surface area (Å²) >= 11 is 0. The highest BCUT2D eigenvalue weighted by Gasteiger charge is 2.59. The SMILES string of the molecule is C[C@]12CC[C@H]3[C@@H](CC[C@@H]4C[C@@](O)(C(F)F)CC[C@@H]43)[C@@H]1CC[C@@H]2C(=O)CNc1cnccc1C=N. The Hall–Kier alpha value is -1.89. The lowest BCUT2D eigenvalue weighted by atomic mass is 9.49. The molecule has 0 bridgehead atoms. The molecular weight excluding hydrogens is 436 g/mol. The molecule has 0 saturated heterocycles. The van der Waals surface area contributed by atoms with Gasteiger partial charge >= 0.3 is 0 Å². The van der Waals surface area contributed by atoms with Crippen molar-refractivity contribution in [3.8, 4) is 0 Å². The van der Waals surface area contributed by atoms with Crippen molar-refractivity contribution in [2.45, 2.75) is 76.7 Å². The lowest BCUT2D eigenvalue weighted by molar-refractivity contribution is -0.160. The number of halogens is 2. The average molecular weight is 474 g/mol. The number of Topliss-reactive ketones (excluding diaryl/α,β-unsaturated/α-hetero) is 1. The second-order valence-electron chi connectivity index (χ2n) is 11.7. The summed E-state index contributed by atoms with van der Waals surface area (Å²) in [5, 5.41) is 21.2. The third-order valence-corrected chi connectivity index (χ3v) is 10.3. The van der Waals surface area contributed by atoms with Crippen molar-refractivity contribution in [1.82, 2.24) is 4.98 Å². The molecule has 186 valence electrons. The lowest BCUT2D eigenvalue weighted by Crippen LogP contribution is -2.53. The lowest BCUT2D eigenvalue weighted by Gasteiger charge is -2.57. The van der Waals surface area contributed by atoms with Crippen molar-refractivity contribution in [1.29, 1.82) is 5.41 Å². The van der Waals surface area contributed by atoms with E-state index in [9.17, 15) is 18.7 Å². The van der Waals surface area contributed by atoms with Crippen LogP contribution in [0.3, 0.4) is 0 Å². The zero-order valence-corrected chi connectivity index (χ0v) is 20.0. The average Bonchev–Trinajstić information content (AvgIpc) is 3.19. The number of anilines is 1. The fourth-order valence-corrected chi connectivity index (χ4v) is 8.62. The molecule has 5 rings (SSSR count). The van der Waals surface area contributed by atoms with E-state index in [0.29, 0.717) is 35.8 Å². The van der Waals surface area contributed by atoms with E-state index in [1.807, 2.05) is 0 Å². The highest BCUT2D eigenvalue weighted by atomic mass is 19.3. The fraction of sp³-hybridized carbons (Fsp3) is 0.741. The van der Waals surface area contributed by atoms with Gasteiger partial charge in [0, 0.05) is 23.9 Å². The van der Waals surface area contributed by atoms with Gasteiger partial charge in [-0.2, -0.15) is 0 Å². The molecule has 7 heteroatoms. The number of aliphatic hydroxyl groups is 1. The van der Waals surface area contributed by atoms with E-state index in [1.165, 1.54) is 6.21 Å². The number of alkyl halides is 2. The third-order valence-electron chi connectivity index (χ3n) is 10.3. The first-order chi connectivity index (χ1) is 16.3. The second kappa shape index (κ2) is 8.96. The molecule has 0 spiro atoms. The summed E-state index contributed by atoms with van der Waals surface area (Å²) in [5.74, 6) is 2.60. The van der Waals surface area contributed by atoms with E-state index in [4.69, 9.17) is 5.41 Å². The molecule has 0 unspecified atom stereocenters. The van der Waals surface area contributed by atoms with E-state index in [-0.39, 0.29) is 42.4 Å². The number of nitrogens with one attached hydrogen (secondary N) is 2. The highest BCUT2D eigenvalue weighted by molar-refractivity contribution is 5.89. The second-order valence-corrected chi connectivity index (χ2v) is 11.7. The van der Waals surface area contributed by atoms with Crippen molar-refractivity contribution in [2.75, 3.05) is 11.9 Å². The predicted molar refractivity (Wildman–Crippen MR) is 127 cm³/mol. The maximum atomic E-state index is 13.5. The molecule has 5 nitrogen and oxygen atoms in total. The summed E-state index contributed by atoms with van der Waals surface area (Å²) in [6, 6.07) is 1.76. The molecule has 34 heavy (non-hydrogen) atoms. The number of pyridine rings is 1. The van der Waals surface area contributed by atoms with E-state index in [2.05, 4.69) is 17.2 Å². The monoisotopic (exact) mass is 473 g/mol. The van der Waals surface area contributed by atoms with E-state index in [0.717, 1.165) is 44.1 Å². The number of carbonyl (C=O) groups is 1. The number of hydrogen-bond donors (Lipinski definition) is 3. The van der Waals surface area contributed by atoms with Gasteiger partial charge in [0.25, 0.3) is 6.43 Å². The first kappa shape index (κ1) is 23.8. The third kappa shape index (κ3) is 3.88. The van der Waals surface area contributed by atoms with Gasteiger partial charge in [0.1, 0.15) is 5.60 Å². The quantitative estimate of drug-likeness (QED) is 0.488. The molecule has 4 aliphatic rings. The Balaban J connectivity index is 1.26. The number of fused-ring (bicyclic) bond motifs is 5. The number of ketones is 1. The van der Waals surface area contributed by atoms with Crippen molar-refractivity contribution >= 4 is 17.7 Å². The van der Waals surface area contributed by atoms with Gasteiger partial charge in [-0.3, -0.25) is 9.78 Å². The molecule has 8 atom stereocenters. The molecule has 1 aromatic rings. The van der Waals surface area contributed by atoms with Gasteiger partial charge < -0.3 is 15.8 Å². The fourth-order valence-electron chi connectivity index (χ4n) is 8.62. The van der Waals surface area contributed by atoms with Crippen LogP contribution in [0.5, 0.6) is 0 Å². The highest BCUT2D eigenvalue weighted by Crippen LogP contribution is 2.64. The van der Waals surface area contributed by atoms with Crippen LogP contribution < -0.4 is 5.32 Å². The molecular formula is C27H37F2N3O2. The smallest absolute Gasteiger partial charge is 0.266 e. The van der Waals surface area contributed by atoms with Gasteiger partial charge in [-0.15, -0.1) is 0 Å². The van der Waals surface area contributed by atoms with Crippen molar-refractivity contribution in [3.63, 3.8) is 0 Å². The standard InChI is InChI=1S/C27H37F2N3O2/c1-26-9-6-19-18-7-10-27(34,25(28)29)12-16(18)2-3-20(19)21(26)4-5-22(26)24(33)15-32-23-14-31-11-8-17(23)13-30/h8,11,13-14,16,18-22,25,30,32,34H,2-7,9-10,12,15H2,1H3/t16-,18+,19-,20-,21+,22-,26+,27-/m1/s1. The molecule has 1 aromatic heterocycles. The number of carbonyl (C=O) groups excluding carboxylic acids is 1. The molecule has 1 heterocycles. The van der Waals surface area contributed by atoms with Gasteiger partial charge in [-0.1, -0.05) is 6.92 Å². The Morgan fingerprint density at radius 1 is 1.21 bits per heavy atom. The molecule has 3 N–H and O–H groups in total. The molecule has 0 aliphatic heterocycles. The van der Waals surface area contributed by atoms with Crippen molar-refractivity contribution in [3.05, 3.63) is 24.0 Å².